The minimum absolute atomic E-state index is 0.0166. The zero-order valence-corrected chi connectivity index (χ0v) is 31.8. The highest BCUT2D eigenvalue weighted by Crippen LogP contribution is 2.77. The second kappa shape index (κ2) is 12.1. The summed E-state index contributed by atoms with van der Waals surface area (Å²) in [7, 11) is 1.97. The van der Waals surface area contributed by atoms with Crippen LogP contribution in [0.2, 0.25) is 0 Å². The van der Waals surface area contributed by atoms with Gasteiger partial charge in [0.05, 0.1) is 22.7 Å². The van der Waals surface area contributed by atoms with Crippen molar-refractivity contribution >= 4 is 12.3 Å². The lowest BCUT2D eigenvalue weighted by Gasteiger charge is -2.72. The monoisotopic (exact) mass is 735 g/mol. The number of aldehydes is 1. The van der Waals surface area contributed by atoms with Gasteiger partial charge in [-0.2, -0.15) is 0 Å². The topological polar surface area (TPSA) is 136 Å². The molecule has 8 nitrogen and oxygen atoms in total. The average Bonchev–Trinajstić information content (AvgIpc) is 3.62. The molecule has 54 heavy (non-hydrogen) atoms. The third kappa shape index (κ3) is 4.34. The molecule has 17 unspecified atom stereocenters. The normalized spacial score (nSPS) is 52.4. The van der Waals surface area contributed by atoms with Crippen LogP contribution in [0.15, 0.2) is 48.1 Å². The zero-order valence-electron chi connectivity index (χ0n) is 31.8. The van der Waals surface area contributed by atoms with Gasteiger partial charge < -0.3 is 35.3 Å². The Bertz CT molecular complexity index is 1880. The van der Waals surface area contributed by atoms with Crippen LogP contribution in [0.1, 0.15) is 95.1 Å². The second-order valence-electron chi connectivity index (χ2n) is 19.5. The molecule has 1 aliphatic heterocycles. The number of aliphatic hydroxyl groups is 4. The number of rotatable bonds is 2. The molecular formula is C46H57NO7. The number of hydrogen-bond acceptors (Lipinski definition) is 8. The molecule has 10 aliphatic rings. The number of hydrogen-bond donors (Lipinski definition) is 5. The van der Waals surface area contributed by atoms with Crippen molar-refractivity contribution in [2.24, 2.45) is 64.1 Å². The maximum Gasteiger partial charge on any atom is 0.331 e. The first-order chi connectivity index (χ1) is 25.9. The number of esters is 1. The number of carbonyl (C=O) groups is 2. The molecule has 0 aromatic heterocycles. The molecule has 5 N–H and O–H groups in total. The van der Waals surface area contributed by atoms with Gasteiger partial charge in [0, 0.05) is 47.3 Å². The van der Waals surface area contributed by atoms with Gasteiger partial charge in [0.15, 0.2) is 0 Å². The number of carbonyl (C=O) groups excluding carboxylic acids is 2. The first-order valence-corrected chi connectivity index (χ1v) is 21.1. The van der Waals surface area contributed by atoms with Crippen LogP contribution in [0, 0.1) is 75.9 Å². The third-order valence-electron chi connectivity index (χ3n) is 18.0. The summed E-state index contributed by atoms with van der Waals surface area (Å²) in [6.45, 7) is 2.27. The van der Waals surface area contributed by atoms with Crippen molar-refractivity contribution in [1.82, 2.24) is 5.32 Å². The molecule has 1 heterocycles. The molecule has 288 valence electrons. The molecule has 17 atom stereocenters. The predicted octanol–water partition coefficient (Wildman–Crippen LogP) is 4.66. The summed E-state index contributed by atoms with van der Waals surface area (Å²) >= 11 is 0. The molecule has 1 aromatic rings. The van der Waals surface area contributed by atoms with Crippen LogP contribution in [-0.4, -0.2) is 74.8 Å². The van der Waals surface area contributed by atoms with Gasteiger partial charge in [-0.25, -0.2) is 4.79 Å². The third-order valence-corrected chi connectivity index (χ3v) is 18.0. The van der Waals surface area contributed by atoms with Crippen LogP contribution in [0.5, 0.6) is 0 Å². The summed E-state index contributed by atoms with van der Waals surface area (Å²) in [5, 5.41) is 56.6. The van der Waals surface area contributed by atoms with Crippen molar-refractivity contribution < 1.29 is 34.8 Å². The van der Waals surface area contributed by atoms with Gasteiger partial charge in [0.25, 0.3) is 0 Å². The molecule has 6 fully saturated rings. The number of likely N-dealkylation sites (N-methyl/N-ethyl adjacent to an activating group) is 1. The second-order valence-corrected chi connectivity index (χ2v) is 19.5. The summed E-state index contributed by atoms with van der Waals surface area (Å²) in [5.74, 6) is 5.56. The van der Waals surface area contributed by atoms with E-state index >= 15 is 0 Å². The summed E-state index contributed by atoms with van der Waals surface area (Å²) < 4.78 is 6.22. The first kappa shape index (κ1) is 35.6. The Labute approximate surface area is 319 Å². The van der Waals surface area contributed by atoms with E-state index in [4.69, 9.17) is 4.74 Å². The lowest BCUT2D eigenvalue weighted by Crippen LogP contribution is -2.80. The SMILES string of the molecule is CNC1Cc2ccccc2C#CCCC23CCC4C(O)(CC5CC6C(C)CC=CC6CC6C(O)CCC4(C=O)C56O)C2(O)CC2CC1C1OC(=O)C=C1C23. The quantitative estimate of drug-likeness (QED) is 0.128. The number of fused-ring (bicyclic) bond motifs is 7. The summed E-state index contributed by atoms with van der Waals surface area (Å²) in [5.41, 5.74) is -3.78. The minimum atomic E-state index is -1.67. The molecule has 9 aliphatic carbocycles. The van der Waals surface area contributed by atoms with E-state index < -0.39 is 57.6 Å². The molecule has 6 saturated carbocycles. The predicted molar refractivity (Wildman–Crippen MR) is 201 cm³/mol. The van der Waals surface area contributed by atoms with E-state index in [0.717, 1.165) is 42.2 Å². The van der Waals surface area contributed by atoms with E-state index in [1.807, 2.05) is 13.1 Å². The Hall–Kier alpha value is -2.80. The Balaban J connectivity index is 1.15. The highest BCUT2D eigenvalue weighted by atomic mass is 16.5. The van der Waals surface area contributed by atoms with E-state index in [1.165, 1.54) is 0 Å². The van der Waals surface area contributed by atoms with Gasteiger partial charge in [-0.05, 0) is 137 Å². The minimum Gasteiger partial charge on any atom is -0.454 e. The maximum atomic E-state index is 14.0. The molecule has 0 saturated heterocycles. The van der Waals surface area contributed by atoms with Crippen LogP contribution in [0.25, 0.3) is 0 Å². The van der Waals surface area contributed by atoms with Gasteiger partial charge >= 0.3 is 5.97 Å². The highest BCUT2D eigenvalue weighted by Gasteiger charge is 2.83. The Morgan fingerprint density at radius 1 is 1.02 bits per heavy atom. The Kier molecular flexibility index (Phi) is 7.98. The van der Waals surface area contributed by atoms with Gasteiger partial charge in [-0.15, -0.1) is 0 Å². The lowest BCUT2D eigenvalue weighted by atomic mass is 9.36. The van der Waals surface area contributed by atoms with E-state index in [2.05, 4.69) is 54.4 Å². The molecule has 4 bridgehead atoms. The zero-order chi connectivity index (χ0) is 37.4. The van der Waals surface area contributed by atoms with Gasteiger partial charge in [-0.1, -0.05) is 49.1 Å². The fraction of sp³-hybridized carbons (Fsp3) is 0.696. The smallest absolute Gasteiger partial charge is 0.331 e. The van der Waals surface area contributed by atoms with Gasteiger partial charge in [-0.3, -0.25) is 0 Å². The van der Waals surface area contributed by atoms with Gasteiger partial charge in [0.2, 0.25) is 0 Å². The standard InChI is InChI=1S/C46H57NO7/c1-26-8-7-12-29-19-35-37(49)13-16-43(25-48)38-14-17-42-15-6-5-10-27-9-3-4-11-28(27)20-36(47-2)33-18-30(40(42)34-22-39(50)54-41(33)34)23-45(42,52)44(38,51)24-31(21-32(26)29)46(35,43)53/h3-4,7,9,11-12,22,25-26,29-33,35-38,40-41,47,49,51-53H,6,8,13-21,23-24H2,1-2H3. The van der Waals surface area contributed by atoms with Crippen LogP contribution in [-0.2, 0) is 20.7 Å². The molecule has 1 spiro atoms. The van der Waals surface area contributed by atoms with Gasteiger partial charge in [0.1, 0.15) is 18.0 Å². The molecule has 1 aromatic carbocycles. The highest BCUT2D eigenvalue weighted by molar-refractivity contribution is 5.86. The summed E-state index contributed by atoms with van der Waals surface area (Å²) in [4.78, 5) is 27.3. The molecular weight excluding hydrogens is 679 g/mol. The van der Waals surface area contributed by atoms with Crippen LogP contribution < -0.4 is 5.32 Å². The molecule has 8 heteroatoms. The van der Waals surface area contributed by atoms with E-state index in [-0.39, 0.29) is 54.4 Å². The fourth-order valence-electron chi connectivity index (χ4n) is 15.9. The van der Waals surface area contributed by atoms with Crippen molar-refractivity contribution in [1.29, 1.82) is 0 Å². The van der Waals surface area contributed by atoms with Crippen molar-refractivity contribution in [3.63, 3.8) is 0 Å². The van der Waals surface area contributed by atoms with E-state index in [1.54, 1.807) is 6.08 Å². The summed E-state index contributed by atoms with van der Waals surface area (Å²) in [6, 6.07) is 8.26. The van der Waals surface area contributed by atoms with Crippen molar-refractivity contribution in [2.45, 2.75) is 125 Å². The number of benzene rings is 1. The Morgan fingerprint density at radius 3 is 2.67 bits per heavy atom. The lowest BCUT2D eigenvalue weighted by molar-refractivity contribution is -0.343. The number of allylic oxidation sites excluding steroid dienone is 2. The van der Waals surface area contributed by atoms with E-state index in [0.29, 0.717) is 57.3 Å². The van der Waals surface area contributed by atoms with E-state index in [9.17, 15) is 30.0 Å². The number of ether oxygens (including phenoxy) is 1. The maximum absolute atomic E-state index is 14.0. The van der Waals surface area contributed by atoms with Crippen molar-refractivity contribution in [3.05, 3.63) is 59.2 Å². The fourth-order valence-corrected chi connectivity index (χ4v) is 15.9. The van der Waals surface area contributed by atoms with Crippen molar-refractivity contribution in [2.75, 3.05) is 7.05 Å². The molecule has 0 amide bonds. The molecule has 0 radical (unpaired) electrons. The largest absolute Gasteiger partial charge is 0.454 e. The van der Waals surface area contributed by atoms with Crippen LogP contribution in [0.3, 0.4) is 0 Å². The number of aliphatic hydroxyl groups excluding tert-OH is 1. The Morgan fingerprint density at radius 2 is 1.85 bits per heavy atom. The molecule has 11 rings (SSSR count). The summed E-state index contributed by atoms with van der Waals surface area (Å²) in [6.07, 6.45) is 13.0. The van der Waals surface area contributed by atoms with Crippen LogP contribution >= 0.6 is 0 Å². The number of nitrogens with one attached hydrogen (secondary N) is 1. The van der Waals surface area contributed by atoms with Crippen molar-refractivity contribution in [3.8, 4) is 11.8 Å². The first-order valence-electron chi connectivity index (χ1n) is 21.1. The van der Waals surface area contributed by atoms with Crippen LogP contribution in [0.4, 0.5) is 0 Å². The average molecular weight is 736 g/mol.